The van der Waals surface area contributed by atoms with Crippen LogP contribution in [0.25, 0.3) is 0 Å². The van der Waals surface area contributed by atoms with Gasteiger partial charge in [-0.15, -0.1) is 0 Å². The van der Waals surface area contributed by atoms with Crippen LogP contribution in [-0.2, 0) is 0 Å². The molecule has 2 unspecified atom stereocenters. The van der Waals surface area contributed by atoms with E-state index in [1.54, 1.807) is 0 Å². The van der Waals surface area contributed by atoms with E-state index in [4.69, 9.17) is 0 Å². The van der Waals surface area contributed by atoms with Crippen molar-refractivity contribution in [3.63, 3.8) is 0 Å². The summed E-state index contributed by atoms with van der Waals surface area (Å²) < 4.78 is 0. The Hall–Kier alpha value is -0.0800. The van der Waals surface area contributed by atoms with Crippen LogP contribution in [-0.4, -0.2) is 37.1 Å². The van der Waals surface area contributed by atoms with Crippen molar-refractivity contribution in [3.05, 3.63) is 0 Å². The van der Waals surface area contributed by atoms with Crippen molar-refractivity contribution in [2.24, 2.45) is 0 Å². The molecule has 1 rings (SSSR count). The third-order valence-corrected chi connectivity index (χ3v) is 3.52. The summed E-state index contributed by atoms with van der Waals surface area (Å²) >= 11 is 0. The quantitative estimate of drug-likeness (QED) is 0.729. The lowest BCUT2D eigenvalue weighted by Crippen LogP contribution is -2.45. The summed E-state index contributed by atoms with van der Waals surface area (Å²) in [6.45, 7) is 7.18. The van der Waals surface area contributed by atoms with Crippen molar-refractivity contribution in [2.45, 2.75) is 58.0 Å². The van der Waals surface area contributed by atoms with Gasteiger partial charge in [0.1, 0.15) is 0 Å². The normalized spacial score (nSPS) is 26.4. The van der Waals surface area contributed by atoms with Crippen molar-refractivity contribution in [1.29, 1.82) is 0 Å². The van der Waals surface area contributed by atoms with Crippen molar-refractivity contribution < 1.29 is 0 Å². The van der Waals surface area contributed by atoms with Crippen LogP contribution >= 0.6 is 0 Å². The number of likely N-dealkylation sites (tertiary alicyclic amines) is 1. The maximum Gasteiger partial charge on any atom is 0.00954 e. The first-order valence-electron chi connectivity index (χ1n) is 6.20. The molecule has 2 heteroatoms. The fourth-order valence-corrected chi connectivity index (χ4v) is 2.56. The fourth-order valence-electron chi connectivity index (χ4n) is 2.56. The van der Waals surface area contributed by atoms with Crippen LogP contribution in [0.15, 0.2) is 0 Å². The average Bonchev–Trinajstić information content (AvgIpc) is 2.25. The minimum absolute atomic E-state index is 0.757. The molecule has 1 fully saturated rings. The summed E-state index contributed by atoms with van der Waals surface area (Å²) in [5, 5.41) is 3.24. The molecule has 1 N–H and O–H groups in total. The van der Waals surface area contributed by atoms with Crippen LogP contribution in [0.2, 0.25) is 0 Å². The zero-order chi connectivity index (χ0) is 10.4. The summed E-state index contributed by atoms with van der Waals surface area (Å²) in [6.07, 6.45) is 6.87. The standard InChI is InChI=1S/C12H26N2/c1-4-12-7-5-6-10-14(12)11(2)8-9-13-3/h11-13H,4-10H2,1-3H3. The van der Waals surface area contributed by atoms with Gasteiger partial charge >= 0.3 is 0 Å². The fraction of sp³-hybridized carbons (Fsp3) is 1.00. The third-order valence-electron chi connectivity index (χ3n) is 3.52. The summed E-state index contributed by atoms with van der Waals surface area (Å²) in [4.78, 5) is 2.72. The lowest BCUT2D eigenvalue weighted by molar-refractivity contribution is 0.0957. The SMILES string of the molecule is CCC1CCCCN1C(C)CCNC. The number of hydrogen-bond acceptors (Lipinski definition) is 2. The molecule has 1 saturated heterocycles. The topological polar surface area (TPSA) is 15.3 Å². The Morgan fingerprint density at radius 1 is 1.43 bits per heavy atom. The highest BCUT2D eigenvalue weighted by Gasteiger charge is 2.24. The molecular weight excluding hydrogens is 172 g/mol. The second-order valence-electron chi connectivity index (χ2n) is 4.54. The number of nitrogens with one attached hydrogen (secondary N) is 1. The van der Waals surface area contributed by atoms with Gasteiger partial charge in [0.05, 0.1) is 0 Å². The minimum Gasteiger partial charge on any atom is -0.320 e. The molecule has 0 radical (unpaired) electrons. The van der Waals surface area contributed by atoms with E-state index in [1.165, 1.54) is 38.6 Å². The van der Waals surface area contributed by atoms with E-state index in [1.807, 2.05) is 7.05 Å². The monoisotopic (exact) mass is 198 g/mol. The zero-order valence-electron chi connectivity index (χ0n) is 10.1. The van der Waals surface area contributed by atoms with E-state index in [0.717, 1.165) is 18.6 Å². The van der Waals surface area contributed by atoms with Crippen LogP contribution in [0.4, 0.5) is 0 Å². The molecule has 0 bridgehead atoms. The maximum atomic E-state index is 3.24. The van der Waals surface area contributed by atoms with Gasteiger partial charge in [-0.25, -0.2) is 0 Å². The number of rotatable bonds is 5. The highest BCUT2D eigenvalue weighted by Crippen LogP contribution is 2.22. The zero-order valence-corrected chi connectivity index (χ0v) is 10.1. The first-order chi connectivity index (χ1) is 6.79. The number of piperidine rings is 1. The van der Waals surface area contributed by atoms with E-state index in [0.29, 0.717) is 0 Å². The lowest BCUT2D eigenvalue weighted by Gasteiger charge is -2.39. The first kappa shape index (κ1) is 12.0. The Morgan fingerprint density at radius 3 is 2.86 bits per heavy atom. The molecule has 14 heavy (non-hydrogen) atoms. The van der Waals surface area contributed by atoms with Crippen LogP contribution in [0.5, 0.6) is 0 Å². The van der Waals surface area contributed by atoms with Crippen LogP contribution < -0.4 is 5.32 Å². The number of nitrogens with zero attached hydrogens (tertiary/aromatic N) is 1. The van der Waals surface area contributed by atoms with E-state index in [9.17, 15) is 0 Å². The van der Waals surface area contributed by atoms with Gasteiger partial charge in [0.2, 0.25) is 0 Å². The average molecular weight is 198 g/mol. The van der Waals surface area contributed by atoms with Gasteiger partial charge in [-0.2, -0.15) is 0 Å². The van der Waals surface area contributed by atoms with E-state index < -0.39 is 0 Å². The predicted octanol–water partition coefficient (Wildman–Crippen LogP) is 2.25. The Morgan fingerprint density at radius 2 is 2.21 bits per heavy atom. The Kier molecular flexibility index (Phi) is 5.49. The summed E-state index contributed by atoms with van der Waals surface area (Å²) in [5.74, 6) is 0. The highest BCUT2D eigenvalue weighted by molar-refractivity contribution is 4.80. The largest absolute Gasteiger partial charge is 0.320 e. The van der Waals surface area contributed by atoms with Crippen LogP contribution in [0.1, 0.15) is 46.0 Å². The predicted molar refractivity (Wildman–Crippen MR) is 62.6 cm³/mol. The highest BCUT2D eigenvalue weighted by atomic mass is 15.2. The van der Waals surface area contributed by atoms with Crippen molar-refractivity contribution in [1.82, 2.24) is 10.2 Å². The van der Waals surface area contributed by atoms with Gasteiger partial charge in [-0.1, -0.05) is 13.3 Å². The molecule has 1 aliphatic heterocycles. The summed E-state index contributed by atoms with van der Waals surface area (Å²) in [7, 11) is 2.04. The molecule has 1 heterocycles. The third kappa shape index (κ3) is 3.25. The molecule has 2 nitrogen and oxygen atoms in total. The lowest BCUT2D eigenvalue weighted by atomic mass is 9.97. The molecule has 84 valence electrons. The van der Waals surface area contributed by atoms with Crippen LogP contribution in [0, 0.1) is 0 Å². The Balaban J connectivity index is 2.37. The van der Waals surface area contributed by atoms with Gasteiger partial charge in [-0.3, -0.25) is 4.90 Å². The molecule has 0 amide bonds. The molecule has 2 atom stereocenters. The molecular formula is C12H26N2. The molecule has 0 saturated carbocycles. The molecule has 0 aromatic heterocycles. The first-order valence-corrected chi connectivity index (χ1v) is 6.20. The van der Waals surface area contributed by atoms with E-state index in [-0.39, 0.29) is 0 Å². The molecule has 1 aliphatic rings. The second kappa shape index (κ2) is 6.41. The van der Waals surface area contributed by atoms with Crippen LogP contribution in [0.3, 0.4) is 0 Å². The van der Waals surface area contributed by atoms with Gasteiger partial charge in [0, 0.05) is 12.1 Å². The summed E-state index contributed by atoms with van der Waals surface area (Å²) in [6, 6.07) is 1.61. The maximum absolute atomic E-state index is 3.24. The van der Waals surface area contributed by atoms with Gasteiger partial charge in [0.25, 0.3) is 0 Å². The molecule has 0 aliphatic carbocycles. The van der Waals surface area contributed by atoms with Gasteiger partial charge in [0.15, 0.2) is 0 Å². The molecule has 0 aromatic rings. The second-order valence-corrected chi connectivity index (χ2v) is 4.54. The van der Waals surface area contributed by atoms with Crippen molar-refractivity contribution >= 4 is 0 Å². The number of hydrogen-bond donors (Lipinski definition) is 1. The van der Waals surface area contributed by atoms with Crippen molar-refractivity contribution in [3.8, 4) is 0 Å². The van der Waals surface area contributed by atoms with Gasteiger partial charge in [-0.05, 0) is 52.7 Å². The molecule has 0 spiro atoms. The van der Waals surface area contributed by atoms with Gasteiger partial charge < -0.3 is 5.32 Å². The van der Waals surface area contributed by atoms with E-state index >= 15 is 0 Å². The summed E-state index contributed by atoms with van der Waals surface area (Å²) in [5.41, 5.74) is 0. The molecule has 0 aromatic carbocycles. The Bertz CT molecular complexity index is 147. The minimum atomic E-state index is 0.757. The smallest absolute Gasteiger partial charge is 0.00954 e. The Labute approximate surface area is 89.1 Å². The van der Waals surface area contributed by atoms with Crippen molar-refractivity contribution in [2.75, 3.05) is 20.1 Å². The van der Waals surface area contributed by atoms with E-state index in [2.05, 4.69) is 24.1 Å².